The van der Waals surface area contributed by atoms with Crippen molar-refractivity contribution in [1.29, 1.82) is 0 Å². The number of pyridine rings is 1. The van der Waals surface area contributed by atoms with Crippen LogP contribution in [0.5, 0.6) is 0 Å². The highest BCUT2D eigenvalue weighted by molar-refractivity contribution is 6.13. The van der Waals surface area contributed by atoms with E-state index in [1.165, 1.54) is 6.20 Å². The van der Waals surface area contributed by atoms with E-state index in [9.17, 15) is 19.5 Å². The molecular weight excluding hydrogens is 377 g/mol. The molecule has 29 heavy (non-hydrogen) atoms. The molecular formula is C21H22FN3O4. The van der Waals surface area contributed by atoms with Crippen molar-refractivity contribution in [3.63, 3.8) is 0 Å². The topological polar surface area (TPSA) is 106 Å². The first-order valence-electron chi connectivity index (χ1n) is 9.92. The normalized spacial score (nSPS) is 24.9. The molecule has 3 N–H and O–H groups in total. The first-order valence-corrected chi connectivity index (χ1v) is 9.92. The second-order valence-electron chi connectivity index (χ2n) is 8.74. The van der Waals surface area contributed by atoms with Crippen LogP contribution in [0.1, 0.15) is 59.4 Å². The van der Waals surface area contributed by atoms with Crippen LogP contribution in [0.3, 0.4) is 0 Å². The van der Waals surface area contributed by atoms with Crippen LogP contribution in [-0.4, -0.2) is 40.6 Å². The number of carbonyl (C=O) groups is 2. The lowest BCUT2D eigenvalue weighted by atomic mass is 9.66. The van der Waals surface area contributed by atoms with Gasteiger partial charge in [0.05, 0.1) is 22.2 Å². The summed E-state index contributed by atoms with van der Waals surface area (Å²) in [5.41, 5.74) is 5.83. The second kappa shape index (κ2) is 5.89. The zero-order valence-corrected chi connectivity index (χ0v) is 16.1. The molecule has 1 saturated carbocycles. The predicted octanol–water partition coefficient (Wildman–Crippen LogP) is 2.30. The van der Waals surface area contributed by atoms with Crippen molar-refractivity contribution in [2.75, 3.05) is 18.0 Å². The van der Waals surface area contributed by atoms with Gasteiger partial charge in [0, 0.05) is 43.2 Å². The number of carbonyl (C=O) groups excluding carboxylic acids is 1. The van der Waals surface area contributed by atoms with Gasteiger partial charge in [-0.3, -0.25) is 9.59 Å². The largest absolute Gasteiger partial charge is 0.477 e. The predicted molar refractivity (Wildman–Crippen MR) is 105 cm³/mol. The minimum absolute atomic E-state index is 0.0358. The van der Waals surface area contributed by atoms with Crippen molar-refractivity contribution in [3.05, 3.63) is 39.4 Å². The molecule has 2 fully saturated rings. The van der Waals surface area contributed by atoms with Crippen LogP contribution in [0.15, 0.2) is 17.1 Å². The molecule has 1 unspecified atom stereocenters. The number of benzene rings is 1. The van der Waals surface area contributed by atoms with Gasteiger partial charge in [0.15, 0.2) is 5.78 Å². The van der Waals surface area contributed by atoms with Crippen LogP contribution in [-0.2, 0) is 0 Å². The number of rotatable bonds is 2. The van der Waals surface area contributed by atoms with E-state index in [2.05, 4.69) is 0 Å². The van der Waals surface area contributed by atoms with Crippen LogP contribution in [0.2, 0.25) is 0 Å². The highest BCUT2D eigenvalue weighted by Crippen LogP contribution is 2.50. The lowest BCUT2D eigenvalue weighted by molar-refractivity contribution is 0.0694. The average molecular weight is 399 g/mol. The summed E-state index contributed by atoms with van der Waals surface area (Å²) < 4.78 is 17.0. The van der Waals surface area contributed by atoms with Gasteiger partial charge in [-0.05, 0) is 25.8 Å². The number of hydrogen-bond acceptors (Lipinski definition) is 5. The summed E-state index contributed by atoms with van der Waals surface area (Å²) >= 11 is 0. The Bertz CT molecular complexity index is 1150. The smallest absolute Gasteiger partial charge is 0.341 e. The van der Waals surface area contributed by atoms with Crippen LogP contribution in [0.4, 0.5) is 10.1 Å². The summed E-state index contributed by atoms with van der Waals surface area (Å²) in [6.45, 7) is 2.83. The molecule has 7 nitrogen and oxygen atoms in total. The minimum atomic E-state index is -1.37. The number of halogens is 1. The fourth-order valence-corrected chi connectivity index (χ4v) is 5.34. The van der Waals surface area contributed by atoms with E-state index < -0.39 is 22.8 Å². The molecule has 0 radical (unpaired) electrons. The van der Waals surface area contributed by atoms with Crippen molar-refractivity contribution in [1.82, 2.24) is 4.57 Å². The summed E-state index contributed by atoms with van der Waals surface area (Å²) in [6, 6.07) is 0.670. The van der Waals surface area contributed by atoms with Crippen molar-refractivity contribution >= 4 is 28.3 Å². The number of nitrogens with two attached hydrogens (primary N) is 1. The summed E-state index contributed by atoms with van der Waals surface area (Å²) in [6.07, 6.45) is 4.48. The molecule has 2 aromatic rings. The molecule has 5 rings (SSSR count). The van der Waals surface area contributed by atoms with Crippen molar-refractivity contribution in [2.45, 2.75) is 44.7 Å². The molecule has 3 heterocycles. The number of aromatic carboxylic acids is 1. The van der Waals surface area contributed by atoms with Crippen LogP contribution in [0, 0.1) is 11.2 Å². The molecule has 3 aliphatic rings. The van der Waals surface area contributed by atoms with Gasteiger partial charge < -0.3 is 20.3 Å². The molecule has 1 aromatic heterocycles. The van der Waals surface area contributed by atoms with Crippen molar-refractivity contribution in [2.24, 2.45) is 11.1 Å². The van der Waals surface area contributed by atoms with Gasteiger partial charge in [-0.25, -0.2) is 9.18 Å². The van der Waals surface area contributed by atoms with Crippen LogP contribution < -0.4 is 16.1 Å². The van der Waals surface area contributed by atoms with Gasteiger partial charge in [-0.15, -0.1) is 0 Å². The van der Waals surface area contributed by atoms with E-state index in [0.717, 1.165) is 25.3 Å². The third kappa shape index (κ3) is 2.35. The Morgan fingerprint density at radius 2 is 2.07 bits per heavy atom. The van der Waals surface area contributed by atoms with Gasteiger partial charge in [0.25, 0.3) is 0 Å². The quantitative estimate of drug-likeness (QED) is 0.803. The highest BCUT2D eigenvalue weighted by Gasteiger charge is 2.50. The van der Waals surface area contributed by atoms with Crippen molar-refractivity contribution < 1.29 is 19.1 Å². The number of anilines is 1. The molecule has 8 heteroatoms. The van der Waals surface area contributed by atoms with Gasteiger partial charge >= 0.3 is 5.97 Å². The zero-order chi connectivity index (χ0) is 20.7. The molecule has 1 aliphatic carbocycles. The Hall–Kier alpha value is -2.74. The highest BCUT2D eigenvalue weighted by atomic mass is 19.1. The number of carboxylic acids is 1. The minimum Gasteiger partial charge on any atom is -0.477 e. The molecule has 1 saturated heterocycles. The van der Waals surface area contributed by atoms with Gasteiger partial charge in [0.1, 0.15) is 11.4 Å². The van der Waals surface area contributed by atoms with Gasteiger partial charge in [0.2, 0.25) is 5.43 Å². The Balaban J connectivity index is 1.80. The molecule has 0 amide bonds. The van der Waals surface area contributed by atoms with E-state index in [1.807, 2.05) is 4.90 Å². The molecule has 152 valence electrons. The summed E-state index contributed by atoms with van der Waals surface area (Å²) in [5.74, 6) is -2.28. The van der Waals surface area contributed by atoms with E-state index in [-0.39, 0.29) is 46.3 Å². The first-order chi connectivity index (χ1) is 13.7. The maximum Gasteiger partial charge on any atom is 0.341 e. The molecule has 0 bridgehead atoms. The van der Waals surface area contributed by atoms with Crippen LogP contribution >= 0.6 is 0 Å². The Kier molecular flexibility index (Phi) is 3.71. The van der Waals surface area contributed by atoms with Crippen LogP contribution in [0.25, 0.3) is 10.9 Å². The van der Waals surface area contributed by atoms with Gasteiger partial charge in [-0.2, -0.15) is 0 Å². The number of hydrogen-bond donors (Lipinski definition) is 2. The van der Waals surface area contributed by atoms with Crippen molar-refractivity contribution in [3.8, 4) is 0 Å². The monoisotopic (exact) mass is 399 g/mol. The SMILES string of the molecule is C[C@H]1CC(=O)c2c(N3CC(N)C4(CCC4)C3)c(F)cc3c(=O)c(C(=O)O)cn1c23. The molecule has 1 aromatic carbocycles. The Morgan fingerprint density at radius 1 is 1.34 bits per heavy atom. The van der Waals surface area contributed by atoms with E-state index in [1.54, 1.807) is 11.5 Å². The first kappa shape index (κ1) is 18.3. The summed E-state index contributed by atoms with van der Waals surface area (Å²) in [7, 11) is 0. The number of ketones is 1. The average Bonchev–Trinajstić information content (AvgIpc) is 2.97. The maximum atomic E-state index is 15.3. The third-order valence-electron chi connectivity index (χ3n) is 7.08. The standard InChI is InChI=1S/C21H22FN3O4/c1-10-5-14(26)16-17-11(19(27)12(20(28)29)7-25(10)17)6-13(22)18(16)24-8-15(23)21(9-24)3-2-4-21/h6-7,10,15H,2-5,8-9,23H2,1H3,(H,28,29)/t10-,15?/m0/s1. The van der Waals surface area contributed by atoms with E-state index >= 15 is 4.39 Å². The maximum absolute atomic E-state index is 15.3. The second-order valence-corrected chi connectivity index (χ2v) is 8.74. The lowest BCUT2D eigenvalue weighted by Gasteiger charge is -2.41. The fraction of sp³-hybridized carbons (Fsp3) is 0.476. The number of nitrogens with zero attached hydrogens (tertiary/aromatic N) is 2. The molecule has 2 atom stereocenters. The number of aromatic nitrogens is 1. The Morgan fingerprint density at radius 3 is 2.66 bits per heavy atom. The Labute approximate surface area is 165 Å². The number of Topliss-reactive ketones (excluding diaryl/α,β-unsaturated/α-hetero) is 1. The van der Waals surface area contributed by atoms with Gasteiger partial charge in [-0.1, -0.05) is 6.42 Å². The molecule has 2 aliphatic heterocycles. The summed E-state index contributed by atoms with van der Waals surface area (Å²) in [4.78, 5) is 39.1. The molecule has 1 spiro atoms. The van der Waals surface area contributed by atoms with E-state index in [0.29, 0.717) is 18.6 Å². The lowest BCUT2D eigenvalue weighted by Crippen LogP contribution is -2.45. The fourth-order valence-electron chi connectivity index (χ4n) is 5.34. The zero-order valence-electron chi connectivity index (χ0n) is 16.1. The summed E-state index contributed by atoms with van der Waals surface area (Å²) in [5, 5.41) is 9.32. The third-order valence-corrected chi connectivity index (χ3v) is 7.08. The van der Waals surface area contributed by atoms with E-state index in [4.69, 9.17) is 5.73 Å². The number of carboxylic acid groups (broad SMARTS) is 1.